The summed E-state index contributed by atoms with van der Waals surface area (Å²) in [6.45, 7) is 6.13. The fourth-order valence-corrected chi connectivity index (χ4v) is 2.55. The number of ketones is 1. The Hall–Kier alpha value is -2.14. The van der Waals surface area contributed by atoms with Crippen molar-refractivity contribution in [1.82, 2.24) is 0 Å². The predicted molar refractivity (Wildman–Crippen MR) is 87.9 cm³/mol. The molecule has 0 amide bonds. The van der Waals surface area contributed by atoms with Crippen molar-refractivity contribution in [3.05, 3.63) is 22.9 Å². The largest absolute Gasteiger partial charge is 0.508 e. The highest BCUT2D eigenvalue weighted by atomic mass is 16.7. The Morgan fingerprint density at radius 1 is 1.11 bits per heavy atom. The highest BCUT2D eigenvalue weighted by Crippen LogP contribution is 2.31. The van der Waals surface area contributed by atoms with Gasteiger partial charge >= 0.3 is 6.16 Å². The molecule has 2 aliphatic rings. The average molecular weight is 388 g/mol. The zero-order valence-corrected chi connectivity index (χ0v) is 15.5. The second-order valence-electron chi connectivity index (χ2n) is 6.27. The molecule has 2 aliphatic heterocycles. The lowest BCUT2D eigenvalue weighted by atomic mass is 9.99. The maximum absolute atomic E-state index is 12.4. The lowest BCUT2D eigenvalue weighted by Crippen LogP contribution is -2.59. The molecule has 0 aromatic carbocycles. The van der Waals surface area contributed by atoms with E-state index in [0.717, 1.165) is 0 Å². The first kappa shape index (κ1) is 21.2. The van der Waals surface area contributed by atoms with Gasteiger partial charge in [0.2, 0.25) is 12.0 Å². The van der Waals surface area contributed by atoms with E-state index in [-0.39, 0.29) is 23.9 Å². The second kappa shape index (κ2) is 8.70. The van der Waals surface area contributed by atoms with Gasteiger partial charge in [0.05, 0.1) is 6.61 Å². The minimum atomic E-state index is -1.65. The molecule has 0 spiro atoms. The van der Waals surface area contributed by atoms with Gasteiger partial charge in [0.15, 0.2) is 5.76 Å². The summed E-state index contributed by atoms with van der Waals surface area (Å²) in [7, 11) is 0. The van der Waals surface area contributed by atoms with Crippen molar-refractivity contribution in [2.24, 2.45) is 0 Å². The Morgan fingerprint density at radius 3 is 2.33 bits per heavy atom. The zero-order chi connectivity index (χ0) is 20.3. The molecule has 0 aliphatic carbocycles. The molecule has 10 nitrogen and oxygen atoms in total. The number of carbonyl (C=O) groups is 2. The van der Waals surface area contributed by atoms with Crippen LogP contribution in [-0.2, 0) is 28.5 Å². The summed E-state index contributed by atoms with van der Waals surface area (Å²) in [5.41, 5.74) is 0.638. The number of Topliss-reactive ketones (excluding diaryl/α,β-unsaturated/α-hetero) is 1. The lowest BCUT2D eigenvalue weighted by Gasteiger charge is -2.39. The molecule has 1 fully saturated rings. The van der Waals surface area contributed by atoms with E-state index >= 15 is 0 Å². The maximum atomic E-state index is 12.4. The number of allylic oxidation sites excluding steroid dienone is 2. The monoisotopic (exact) mass is 388 g/mol. The highest BCUT2D eigenvalue weighted by Gasteiger charge is 2.47. The van der Waals surface area contributed by atoms with Crippen LogP contribution in [0.1, 0.15) is 27.7 Å². The van der Waals surface area contributed by atoms with E-state index in [1.807, 2.05) is 0 Å². The molecular weight excluding hydrogens is 364 g/mol. The molecule has 0 unspecified atom stereocenters. The molecule has 3 N–H and O–H groups in total. The Labute approximate surface area is 155 Å². The first-order valence-corrected chi connectivity index (χ1v) is 8.44. The van der Waals surface area contributed by atoms with Gasteiger partial charge in [0, 0.05) is 0 Å². The first-order valence-electron chi connectivity index (χ1n) is 8.44. The summed E-state index contributed by atoms with van der Waals surface area (Å²) >= 11 is 0. The molecule has 152 valence electrons. The number of hydrogen-bond donors (Lipinski definition) is 3. The van der Waals surface area contributed by atoms with Crippen molar-refractivity contribution in [1.29, 1.82) is 0 Å². The predicted octanol–water partition coefficient (Wildman–Crippen LogP) is 0.108. The summed E-state index contributed by atoms with van der Waals surface area (Å²) in [5.74, 6) is -0.422. The van der Waals surface area contributed by atoms with Crippen LogP contribution in [0.3, 0.4) is 0 Å². The molecular formula is C17H24O10. The first-order chi connectivity index (χ1) is 12.7. The van der Waals surface area contributed by atoms with Crippen LogP contribution in [0.5, 0.6) is 0 Å². The number of ether oxygens (including phenoxy) is 5. The van der Waals surface area contributed by atoms with Gasteiger partial charge in [-0.25, -0.2) is 4.79 Å². The number of aliphatic hydroxyl groups excluding tert-OH is 3. The maximum Gasteiger partial charge on any atom is 0.508 e. The van der Waals surface area contributed by atoms with Crippen molar-refractivity contribution in [3.63, 3.8) is 0 Å². The molecule has 2 heterocycles. The topological polar surface area (TPSA) is 141 Å². The zero-order valence-electron chi connectivity index (χ0n) is 15.5. The van der Waals surface area contributed by atoms with E-state index < -0.39 is 49.3 Å². The Bertz CT molecular complexity index is 648. The molecule has 2 rings (SSSR count). The minimum absolute atomic E-state index is 0.0994. The van der Waals surface area contributed by atoms with Crippen molar-refractivity contribution >= 4 is 11.9 Å². The fraction of sp³-hybridized carbons (Fsp3) is 0.647. The smallest absolute Gasteiger partial charge is 0.454 e. The molecule has 0 aromatic rings. The number of rotatable bonds is 5. The van der Waals surface area contributed by atoms with Gasteiger partial charge in [0.1, 0.15) is 36.8 Å². The van der Waals surface area contributed by atoms with Crippen LogP contribution in [0.15, 0.2) is 22.9 Å². The SMILES string of the molecule is CCOC(=O)OC[C@H]1O[C@@H](OC2=C(C)OC(=C(C)C)C2=O)[C@H](O)[C@@H](O)[C@@H]1O. The van der Waals surface area contributed by atoms with Gasteiger partial charge < -0.3 is 39.0 Å². The highest BCUT2D eigenvalue weighted by molar-refractivity contribution is 6.08. The summed E-state index contributed by atoms with van der Waals surface area (Å²) in [6, 6.07) is 0. The van der Waals surface area contributed by atoms with Gasteiger partial charge in [-0.15, -0.1) is 0 Å². The fourth-order valence-electron chi connectivity index (χ4n) is 2.55. The van der Waals surface area contributed by atoms with Crippen molar-refractivity contribution < 1.29 is 48.6 Å². The van der Waals surface area contributed by atoms with E-state index in [0.29, 0.717) is 5.57 Å². The number of carbonyl (C=O) groups excluding carboxylic acids is 2. The lowest BCUT2D eigenvalue weighted by molar-refractivity contribution is -0.291. The minimum Gasteiger partial charge on any atom is -0.454 e. The van der Waals surface area contributed by atoms with Gasteiger partial charge in [-0.3, -0.25) is 4.79 Å². The van der Waals surface area contributed by atoms with Crippen molar-refractivity contribution in [2.45, 2.75) is 58.4 Å². The summed E-state index contributed by atoms with van der Waals surface area (Å²) in [6.07, 6.45) is -8.53. The van der Waals surface area contributed by atoms with Gasteiger partial charge in [0.25, 0.3) is 5.78 Å². The second-order valence-corrected chi connectivity index (χ2v) is 6.27. The van der Waals surface area contributed by atoms with Gasteiger partial charge in [-0.05, 0) is 33.3 Å². The molecule has 0 radical (unpaired) electrons. The van der Waals surface area contributed by atoms with Crippen molar-refractivity contribution in [2.75, 3.05) is 13.2 Å². The molecule has 0 aromatic heterocycles. The van der Waals surface area contributed by atoms with Crippen LogP contribution in [0.2, 0.25) is 0 Å². The Balaban J connectivity index is 2.09. The van der Waals surface area contributed by atoms with Gasteiger partial charge in [-0.2, -0.15) is 0 Å². The van der Waals surface area contributed by atoms with E-state index in [1.54, 1.807) is 20.8 Å². The Kier molecular flexibility index (Phi) is 6.82. The quantitative estimate of drug-likeness (QED) is 0.439. The summed E-state index contributed by atoms with van der Waals surface area (Å²) in [5, 5.41) is 30.2. The third-order valence-electron chi connectivity index (χ3n) is 3.97. The van der Waals surface area contributed by atoms with Crippen molar-refractivity contribution in [3.8, 4) is 0 Å². The van der Waals surface area contributed by atoms with Crippen LogP contribution in [-0.4, -0.2) is 71.2 Å². The molecule has 10 heteroatoms. The third-order valence-corrected chi connectivity index (χ3v) is 3.97. The van der Waals surface area contributed by atoms with Crippen LogP contribution >= 0.6 is 0 Å². The van der Waals surface area contributed by atoms with E-state index in [1.165, 1.54) is 6.92 Å². The van der Waals surface area contributed by atoms with Crippen LogP contribution in [0.4, 0.5) is 4.79 Å². The van der Waals surface area contributed by atoms with Crippen LogP contribution < -0.4 is 0 Å². The Morgan fingerprint density at radius 2 is 1.78 bits per heavy atom. The summed E-state index contributed by atoms with van der Waals surface area (Å²) in [4.78, 5) is 23.6. The van der Waals surface area contributed by atoms with Gasteiger partial charge in [-0.1, -0.05) is 0 Å². The van der Waals surface area contributed by atoms with Crippen LogP contribution in [0.25, 0.3) is 0 Å². The average Bonchev–Trinajstić information content (AvgIpc) is 2.89. The standard InChI is InChI=1S/C17H24O10/c1-5-23-17(22)24-6-9-10(18)11(19)12(20)16(26-9)27-15-8(4)25-14(7(2)3)13(15)21/h9-12,16,18-20H,5-6H2,1-4H3/t9-,10-,11+,12-,16+/m1/s1. The van der Waals surface area contributed by atoms with E-state index in [4.69, 9.17) is 18.9 Å². The third kappa shape index (κ3) is 4.59. The molecule has 0 saturated carbocycles. The molecule has 5 atom stereocenters. The molecule has 27 heavy (non-hydrogen) atoms. The number of aliphatic hydroxyl groups is 3. The molecule has 1 saturated heterocycles. The summed E-state index contributed by atoms with van der Waals surface area (Å²) < 4.78 is 25.6. The van der Waals surface area contributed by atoms with E-state index in [2.05, 4.69) is 4.74 Å². The normalized spacial score (nSPS) is 30.9. The van der Waals surface area contributed by atoms with Crippen LogP contribution in [0, 0.1) is 0 Å². The number of hydrogen-bond acceptors (Lipinski definition) is 10. The van der Waals surface area contributed by atoms with E-state index in [9.17, 15) is 24.9 Å². The molecule has 0 bridgehead atoms.